The van der Waals surface area contributed by atoms with Gasteiger partial charge in [-0.1, -0.05) is 60.7 Å². The lowest BCUT2D eigenvalue weighted by atomic mass is 10.0. The van der Waals surface area contributed by atoms with Gasteiger partial charge in [0.1, 0.15) is 11.3 Å². The summed E-state index contributed by atoms with van der Waals surface area (Å²) in [5.74, 6) is 1.01. The van der Waals surface area contributed by atoms with Crippen molar-refractivity contribution >= 4 is 23.7 Å². The first-order valence-corrected chi connectivity index (χ1v) is 8.46. The zero-order valence-corrected chi connectivity index (χ0v) is 14.4. The molecule has 0 aliphatic heterocycles. The summed E-state index contributed by atoms with van der Waals surface area (Å²) in [5, 5.41) is 0. The number of rotatable bonds is 3. The molecule has 0 fully saturated rings. The van der Waals surface area contributed by atoms with Gasteiger partial charge in [-0.05, 0) is 35.7 Å². The molecule has 1 heterocycles. The number of imidazole rings is 1. The van der Waals surface area contributed by atoms with Crippen molar-refractivity contribution in [3.8, 4) is 11.1 Å². The van der Waals surface area contributed by atoms with Crippen molar-refractivity contribution < 1.29 is 0 Å². The third-order valence-electron chi connectivity index (χ3n) is 4.35. The van der Waals surface area contributed by atoms with Crippen molar-refractivity contribution in [2.24, 2.45) is 0 Å². The Morgan fingerprint density at radius 3 is 2.29 bits per heavy atom. The highest BCUT2D eigenvalue weighted by Crippen LogP contribution is 2.24. The van der Waals surface area contributed by atoms with Crippen LogP contribution in [0, 0.1) is 6.92 Å². The Balaban J connectivity index is 1.67. The minimum atomic E-state index is 0.814. The van der Waals surface area contributed by atoms with Crippen molar-refractivity contribution in [2.75, 3.05) is 0 Å². The van der Waals surface area contributed by atoms with E-state index in [1.165, 1.54) is 16.7 Å². The fourth-order valence-electron chi connectivity index (χ4n) is 3.06. The van der Waals surface area contributed by atoms with Crippen LogP contribution >= 0.6 is 12.6 Å². The second-order valence-electron chi connectivity index (χ2n) is 5.95. The number of para-hydroxylation sites is 1. The number of thiol groups is 1. The van der Waals surface area contributed by atoms with Crippen LogP contribution in [0.25, 0.3) is 22.2 Å². The molecule has 0 aliphatic rings. The molecule has 0 unspecified atom stereocenters. The largest absolute Gasteiger partial charge is 0.324 e. The van der Waals surface area contributed by atoms with E-state index < -0.39 is 0 Å². The van der Waals surface area contributed by atoms with Crippen molar-refractivity contribution in [2.45, 2.75) is 18.4 Å². The van der Waals surface area contributed by atoms with E-state index in [1.807, 2.05) is 25.1 Å². The van der Waals surface area contributed by atoms with Gasteiger partial charge in [0.2, 0.25) is 0 Å². The lowest BCUT2D eigenvalue weighted by Gasteiger charge is -2.09. The summed E-state index contributed by atoms with van der Waals surface area (Å²) in [6.45, 7) is 2.86. The highest BCUT2D eigenvalue weighted by atomic mass is 32.1. The Bertz CT molecular complexity index is 986. The van der Waals surface area contributed by atoms with Crippen LogP contribution in [0.1, 0.15) is 11.4 Å². The van der Waals surface area contributed by atoms with Gasteiger partial charge in [-0.25, -0.2) is 4.98 Å². The summed E-state index contributed by atoms with van der Waals surface area (Å²) in [6, 6.07) is 25.3. The molecular formula is C21H18N2S. The number of aryl methyl sites for hydroxylation is 1. The molecule has 4 rings (SSSR count). The molecule has 0 bridgehead atoms. The molecule has 2 nitrogen and oxygen atoms in total. The highest BCUT2D eigenvalue weighted by molar-refractivity contribution is 7.80. The average Bonchev–Trinajstić information content (AvgIpc) is 2.94. The van der Waals surface area contributed by atoms with Crippen molar-refractivity contribution in [3.05, 3.63) is 84.2 Å². The van der Waals surface area contributed by atoms with Gasteiger partial charge >= 0.3 is 0 Å². The maximum Gasteiger partial charge on any atom is 0.107 e. The van der Waals surface area contributed by atoms with Gasteiger partial charge in [-0.3, -0.25) is 0 Å². The molecule has 0 saturated carbocycles. The molecule has 118 valence electrons. The van der Waals surface area contributed by atoms with Crippen LogP contribution in [0.2, 0.25) is 0 Å². The fourth-order valence-corrected chi connectivity index (χ4v) is 3.31. The Morgan fingerprint density at radius 1 is 0.833 bits per heavy atom. The molecule has 4 aromatic rings. The third-order valence-corrected chi connectivity index (χ3v) is 4.71. The Morgan fingerprint density at radius 2 is 1.54 bits per heavy atom. The highest BCUT2D eigenvalue weighted by Gasteiger charge is 2.09. The lowest BCUT2D eigenvalue weighted by Crippen LogP contribution is -2.01. The Hall–Kier alpha value is -2.52. The molecule has 1 aromatic heterocycles. The smallest absolute Gasteiger partial charge is 0.107 e. The average molecular weight is 330 g/mol. The van der Waals surface area contributed by atoms with E-state index in [2.05, 4.69) is 76.8 Å². The molecule has 0 spiro atoms. The second kappa shape index (κ2) is 6.17. The summed E-state index contributed by atoms with van der Waals surface area (Å²) in [6.07, 6.45) is 0. The molecule has 0 amide bonds. The predicted molar refractivity (Wildman–Crippen MR) is 103 cm³/mol. The molecular weight excluding hydrogens is 312 g/mol. The lowest BCUT2D eigenvalue weighted by molar-refractivity contribution is 0.786. The summed E-state index contributed by atoms with van der Waals surface area (Å²) >= 11 is 4.52. The molecule has 0 N–H and O–H groups in total. The monoisotopic (exact) mass is 330 g/mol. The number of fused-ring (bicyclic) bond motifs is 1. The normalized spacial score (nSPS) is 11.1. The topological polar surface area (TPSA) is 17.8 Å². The summed E-state index contributed by atoms with van der Waals surface area (Å²) in [4.78, 5) is 5.59. The first-order chi connectivity index (χ1) is 11.7. The first kappa shape index (κ1) is 15.0. The molecule has 3 aromatic carbocycles. The van der Waals surface area contributed by atoms with Gasteiger partial charge in [0.05, 0.1) is 5.52 Å². The van der Waals surface area contributed by atoms with Gasteiger partial charge in [-0.2, -0.15) is 0 Å². The summed E-state index contributed by atoms with van der Waals surface area (Å²) in [7, 11) is 0. The summed E-state index contributed by atoms with van der Waals surface area (Å²) < 4.78 is 2.24. The standard InChI is InChI=1S/C21H18N2S/c1-15-22-21-19(8-5-9-20(21)24)23(15)14-16-10-12-18(13-11-16)17-6-3-2-4-7-17/h2-13,24H,14H2,1H3. The number of nitrogens with zero attached hydrogens (tertiary/aromatic N) is 2. The summed E-state index contributed by atoms with van der Waals surface area (Å²) in [5.41, 5.74) is 5.85. The number of hydrogen-bond donors (Lipinski definition) is 1. The second-order valence-corrected chi connectivity index (χ2v) is 6.43. The van der Waals surface area contributed by atoms with Gasteiger partial charge in [-0.15, -0.1) is 12.6 Å². The van der Waals surface area contributed by atoms with Gasteiger partial charge in [0.15, 0.2) is 0 Å². The zero-order valence-electron chi connectivity index (χ0n) is 13.5. The predicted octanol–water partition coefficient (Wildman–Crippen LogP) is 5.35. The fraction of sp³-hybridized carbons (Fsp3) is 0.0952. The maximum absolute atomic E-state index is 4.66. The molecule has 3 heteroatoms. The minimum Gasteiger partial charge on any atom is -0.324 e. The zero-order chi connectivity index (χ0) is 16.5. The number of hydrogen-bond acceptors (Lipinski definition) is 2. The van der Waals surface area contributed by atoms with E-state index in [-0.39, 0.29) is 0 Å². The molecule has 0 atom stereocenters. The molecule has 0 aliphatic carbocycles. The van der Waals surface area contributed by atoms with E-state index >= 15 is 0 Å². The molecule has 0 saturated heterocycles. The number of benzene rings is 3. The van der Waals surface area contributed by atoms with E-state index in [1.54, 1.807) is 0 Å². The maximum atomic E-state index is 4.66. The third kappa shape index (κ3) is 2.72. The van der Waals surface area contributed by atoms with Crippen LogP contribution in [-0.4, -0.2) is 9.55 Å². The van der Waals surface area contributed by atoms with Crippen molar-refractivity contribution in [3.63, 3.8) is 0 Å². The van der Waals surface area contributed by atoms with Crippen LogP contribution in [0.4, 0.5) is 0 Å². The van der Waals surface area contributed by atoms with Crippen molar-refractivity contribution in [1.29, 1.82) is 0 Å². The first-order valence-electron chi connectivity index (χ1n) is 8.01. The quantitative estimate of drug-likeness (QED) is 0.501. The van der Waals surface area contributed by atoms with Crippen LogP contribution in [0.3, 0.4) is 0 Å². The van der Waals surface area contributed by atoms with E-state index in [9.17, 15) is 0 Å². The van der Waals surface area contributed by atoms with E-state index in [0.717, 1.165) is 28.3 Å². The van der Waals surface area contributed by atoms with Crippen LogP contribution < -0.4 is 0 Å². The van der Waals surface area contributed by atoms with Crippen LogP contribution in [0.15, 0.2) is 77.7 Å². The van der Waals surface area contributed by atoms with Crippen molar-refractivity contribution in [1.82, 2.24) is 9.55 Å². The van der Waals surface area contributed by atoms with Crippen LogP contribution in [-0.2, 0) is 6.54 Å². The molecule has 24 heavy (non-hydrogen) atoms. The number of aromatic nitrogens is 2. The van der Waals surface area contributed by atoms with Gasteiger partial charge < -0.3 is 4.57 Å². The van der Waals surface area contributed by atoms with Gasteiger partial charge in [0.25, 0.3) is 0 Å². The van der Waals surface area contributed by atoms with Crippen LogP contribution in [0.5, 0.6) is 0 Å². The molecule has 0 radical (unpaired) electrons. The van der Waals surface area contributed by atoms with E-state index in [4.69, 9.17) is 0 Å². The van der Waals surface area contributed by atoms with E-state index in [0.29, 0.717) is 0 Å². The van der Waals surface area contributed by atoms with Gasteiger partial charge in [0, 0.05) is 11.4 Å². The Kier molecular flexibility index (Phi) is 3.87. The minimum absolute atomic E-state index is 0.814. The SMILES string of the molecule is Cc1nc2c(S)cccc2n1Cc1ccc(-c2ccccc2)cc1. The Labute approximate surface area is 147 Å².